The van der Waals surface area contributed by atoms with Crippen LogP contribution >= 0.6 is 11.6 Å². The lowest BCUT2D eigenvalue weighted by molar-refractivity contribution is -0.190. The van der Waals surface area contributed by atoms with Gasteiger partial charge in [-0.15, -0.1) is 0 Å². The summed E-state index contributed by atoms with van der Waals surface area (Å²) < 4.78 is 18.1. The summed E-state index contributed by atoms with van der Waals surface area (Å²) in [6, 6.07) is 1.80. The van der Waals surface area contributed by atoms with E-state index in [0.717, 1.165) is 5.39 Å². The largest absolute Gasteiger partial charge is 0.449 e. The van der Waals surface area contributed by atoms with Crippen molar-refractivity contribution < 1.29 is 23.8 Å². The quantitative estimate of drug-likeness (QED) is 0.613. The Morgan fingerprint density at radius 2 is 2.08 bits per heavy atom. The number of esters is 2. The molecule has 3 atom stereocenters. The first-order valence-electron chi connectivity index (χ1n) is 7.23. The third-order valence-corrected chi connectivity index (χ3v) is 4.49. The van der Waals surface area contributed by atoms with Gasteiger partial charge in [0.2, 0.25) is 5.60 Å². The molecule has 24 heavy (non-hydrogen) atoms. The summed E-state index contributed by atoms with van der Waals surface area (Å²) in [5.74, 6) is -1.18. The van der Waals surface area contributed by atoms with Gasteiger partial charge >= 0.3 is 11.9 Å². The lowest BCUT2D eigenvalue weighted by Crippen LogP contribution is -2.54. The highest BCUT2D eigenvalue weighted by Crippen LogP contribution is 2.49. The fourth-order valence-electron chi connectivity index (χ4n) is 2.89. The predicted octanol–water partition coefficient (Wildman–Crippen LogP) is 1.78. The Morgan fingerprint density at radius 1 is 1.38 bits per heavy atom. The molecule has 1 fully saturated rings. The maximum atomic E-state index is 11.6. The van der Waals surface area contributed by atoms with Crippen molar-refractivity contribution in [1.29, 1.82) is 0 Å². The second kappa shape index (κ2) is 5.71. The molecule has 0 amide bonds. The second-order valence-corrected chi connectivity index (χ2v) is 6.32. The van der Waals surface area contributed by atoms with Gasteiger partial charge in [-0.3, -0.25) is 9.59 Å². The molecule has 3 rings (SSSR count). The molecule has 1 aliphatic rings. The van der Waals surface area contributed by atoms with Crippen LogP contribution in [0.5, 0.6) is 0 Å². The maximum Gasteiger partial charge on any atom is 0.304 e. The van der Waals surface area contributed by atoms with Gasteiger partial charge in [-0.05, 0) is 13.0 Å². The Hall–Kier alpha value is -2.19. The molecule has 0 spiro atoms. The Labute approximate surface area is 142 Å². The minimum atomic E-state index is -1.65. The fourth-order valence-corrected chi connectivity index (χ4v) is 3.19. The first-order chi connectivity index (χ1) is 11.3. The normalized spacial score (nSPS) is 29.6. The van der Waals surface area contributed by atoms with Gasteiger partial charge in [-0.25, -0.2) is 9.97 Å². The number of nitrogens with zero attached hydrogens (tertiary/aromatic N) is 3. The molecule has 3 unspecified atom stereocenters. The zero-order valence-electron chi connectivity index (χ0n) is 13.4. The minimum absolute atomic E-state index is 0.145. The van der Waals surface area contributed by atoms with Gasteiger partial charge in [0.05, 0.1) is 0 Å². The SMILES string of the molecule is CC(=O)OC1(Cl)COC(n2ccc3cncnc32)C1(C)OC(C)=O. The van der Waals surface area contributed by atoms with Gasteiger partial charge in [-0.1, -0.05) is 11.6 Å². The molecule has 0 bridgehead atoms. The average molecular weight is 354 g/mol. The van der Waals surface area contributed by atoms with E-state index >= 15 is 0 Å². The van der Waals surface area contributed by atoms with Crippen molar-refractivity contribution in [2.45, 2.75) is 37.7 Å². The van der Waals surface area contributed by atoms with Crippen molar-refractivity contribution in [3.8, 4) is 0 Å². The van der Waals surface area contributed by atoms with Gasteiger partial charge in [0.1, 0.15) is 18.6 Å². The summed E-state index contributed by atoms with van der Waals surface area (Å²) in [5.41, 5.74) is -0.875. The second-order valence-electron chi connectivity index (χ2n) is 5.71. The van der Waals surface area contributed by atoms with Crippen molar-refractivity contribution in [3.63, 3.8) is 0 Å². The number of aromatic nitrogens is 3. The third kappa shape index (κ3) is 2.51. The molecule has 1 saturated heterocycles. The van der Waals surface area contributed by atoms with E-state index in [9.17, 15) is 9.59 Å². The minimum Gasteiger partial charge on any atom is -0.449 e. The van der Waals surface area contributed by atoms with E-state index in [0.29, 0.717) is 5.65 Å². The van der Waals surface area contributed by atoms with E-state index in [1.807, 2.05) is 0 Å². The van der Waals surface area contributed by atoms with E-state index in [4.69, 9.17) is 25.8 Å². The summed E-state index contributed by atoms with van der Waals surface area (Å²) in [6.45, 7) is 3.90. The number of carbonyl (C=O) groups excluding carboxylic acids is 2. The Kier molecular flexibility index (Phi) is 3.97. The summed E-state index contributed by atoms with van der Waals surface area (Å²) >= 11 is 6.49. The van der Waals surface area contributed by atoms with Crippen molar-refractivity contribution in [3.05, 3.63) is 24.8 Å². The van der Waals surface area contributed by atoms with E-state index in [2.05, 4.69) is 9.97 Å². The van der Waals surface area contributed by atoms with Crippen LogP contribution in [0.4, 0.5) is 0 Å². The van der Waals surface area contributed by atoms with Crippen molar-refractivity contribution in [2.24, 2.45) is 0 Å². The lowest BCUT2D eigenvalue weighted by Gasteiger charge is -2.38. The Bertz CT molecular complexity index is 809. The van der Waals surface area contributed by atoms with Gasteiger partial charge in [0.25, 0.3) is 5.06 Å². The van der Waals surface area contributed by atoms with Crippen LogP contribution in [-0.4, -0.2) is 43.7 Å². The molecule has 2 aromatic rings. The first kappa shape index (κ1) is 16.7. The molecule has 0 radical (unpaired) electrons. The summed E-state index contributed by atoms with van der Waals surface area (Å²) in [4.78, 5) is 31.3. The molecule has 0 N–H and O–H groups in total. The number of fused-ring (bicyclic) bond motifs is 1. The average Bonchev–Trinajstić information content (AvgIpc) is 2.98. The van der Waals surface area contributed by atoms with Gasteiger partial charge in [-0.2, -0.15) is 0 Å². The molecule has 2 aromatic heterocycles. The highest BCUT2D eigenvalue weighted by atomic mass is 35.5. The highest BCUT2D eigenvalue weighted by molar-refractivity contribution is 6.24. The van der Waals surface area contributed by atoms with Crippen LogP contribution in [0.3, 0.4) is 0 Å². The van der Waals surface area contributed by atoms with Crippen LogP contribution in [-0.2, 0) is 23.8 Å². The monoisotopic (exact) mass is 353 g/mol. The molecule has 1 aliphatic heterocycles. The number of halogens is 1. The molecular formula is C15H16ClN3O5. The molecule has 8 nitrogen and oxygen atoms in total. The van der Waals surface area contributed by atoms with E-state index in [-0.39, 0.29) is 6.61 Å². The topological polar surface area (TPSA) is 92.5 Å². The summed E-state index contributed by atoms with van der Waals surface area (Å²) in [7, 11) is 0. The van der Waals surface area contributed by atoms with Gasteiger partial charge in [0, 0.05) is 31.6 Å². The van der Waals surface area contributed by atoms with E-state index in [1.54, 1.807) is 30.0 Å². The van der Waals surface area contributed by atoms with Crippen LogP contribution in [0, 0.1) is 0 Å². The molecular weight excluding hydrogens is 338 g/mol. The summed E-state index contributed by atoms with van der Waals surface area (Å²) in [5, 5.41) is -0.871. The molecule has 0 aromatic carbocycles. The zero-order chi connectivity index (χ0) is 17.5. The van der Waals surface area contributed by atoms with E-state index in [1.165, 1.54) is 20.2 Å². The predicted molar refractivity (Wildman–Crippen MR) is 83.0 cm³/mol. The van der Waals surface area contributed by atoms with Gasteiger partial charge in [0.15, 0.2) is 6.23 Å². The van der Waals surface area contributed by atoms with Crippen molar-refractivity contribution in [1.82, 2.24) is 14.5 Å². The Morgan fingerprint density at radius 3 is 2.75 bits per heavy atom. The molecule has 9 heteroatoms. The van der Waals surface area contributed by atoms with Crippen LogP contribution in [0.15, 0.2) is 24.8 Å². The highest BCUT2D eigenvalue weighted by Gasteiger charge is 2.65. The Balaban J connectivity index is 2.09. The standard InChI is InChI=1S/C15H16ClN3O5/c1-9(20)23-14(3)13(22-7-15(14,16)24-10(2)21)19-5-4-11-6-17-8-18-12(11)19/h4-6,8,13H,7H2,1-3H3. The third-order valence-electron chi connectivity index (χ3n) is 3.93. The van der Waals surface area contributed by atoms with Crippen LogP contribution in [0.1, 0.15) is 27.0 Å². The number of ether oxygens (including phenoxy) is 3. The first-order valence-corrected chi connectivity index (χ1v) is 7.61. The van der Waals surface area contributed by atoms with Crippen molar-refractivity contribution >= 4 is 34.6 Å². The number of hydrogen-bond donors (Lipinski definition) is 0. The number of hydrogen-bond acceptors (Lipinski definition) is 7. The molecule has 3 heterocycles. The maximum absolute atomic E-state index is 11.6. The number of alkyl halides is 1. The zero-order valence-corrected chi connectivity index (χ0v) is 14.1. The molecule has 128 valence electrons. The van der Waals surface area contributed by atoms with Crippen LogP contribution in [0.2, 0.25) is 0 Å². The number of rotatable bonds is 3. The summed E-state index contributed by atoms with van der Waals surface area (Å²) in [6.07, 6.45) is 3.95. The number of carbonyl (C=O) groups is 2. The van der Waals surface area contributed by atoms with Crippen LogP contribution in [0.25, 0.3) is 11.0 Å². The van der Waals surface area contributed by atoms with Crippen LogP contribution < -0.4 is 0 Å². The van der Waals surface area contributed by atoms with Gasteiger partial charge < -0.3 is 18.8 Å². The smallest absolute Gasteiger partial charge is 0.304 e. The fraction of sp³-hybridized carbons (Fsp3) is 0.467. The molecule has 0 saturated carbocycles. The van der Waals surface area contributed by atoms with E-state index < -0.39 is 28.8 Å². The van der Waals surface area contributed by atoms with Crippen molar-refractivity contribution in [2.75, 3.05) is 6.61 Å². The molecule has 0 aliphatic carbocycles. The lowest BCUT2D eigenvalue weighted by atomic mass is 9.98.